The van der Waals surface area contributed by atoms with Crippen LogP contribution in [0.25, 0.3) is 0 Å². The van der Waals surface area contributed by atoms with Gasteiger partial charge in [0, 0.05) is 19.3 Å². The molecule has 0 aliphatic rings. The number of rotatable bonds is 65. The van der Waals surface area contributed by atoms with Crippen LogP contribution in [0.1, 0.15) is 355 Å². The van der Waals surface area contributed by atoms with Crippen LogP contribution in [0.2, 0.25) is 0 Å². The Kier molecular flexibility index (Phi) is 67.7. The van der Waals surface area contributed by atoms with Gasteiger partial charge >= 0.3 is 17.9 Å². The van der Waals surface area contributed by atoms with Crippen molar-refractivity contribution in [3.05, 3.63) is 97.2 Å². The monoisotopic (exact) mass is 1160 g/mol. The highest BCUT2D eigenvalue weighted by molar-refractivity contribution is 5.71. The summed E-state index contributed by atoms with van der Waals surface area (Å²) in [7, 11) is 0. The number of esters is 3. The Bertz CT molecular complexity index is 1610. The molecule has 0 aromatic heterocycles. The van der Waals surface area contributed by atoms with Gasteiger partial charge in [0.05, 0.1) is 0 Å². The van der Waals surface area contributed by atoms with E-state index in [-0.39, 0.29) is 31.1 Å². The average Bonchev–Trinajstić information content (AvgIpc) is 3.49. The molecular weight excluding hydrogens is 1020 g/mol. The zero-order chi connectivity index (χ0) is 59.9. The molecule has 0 heterocycles. The molecule has 0 bridgehead atoms. The van der Waals surface area contributed by atoms with Crippen LogP contribution in [0.5, 0.6) is 0 Å². The van der Waals surface area contributed by atoms with E-state index in [1.165, 1.54) is 193 Å². The fraction of sp³-hybridized carbons (Fsp3) is 0.753. The van der Waals surface area contributed by atoms with Gasteiger partial charge in [0.25, 0.3) is 0 Å². The van der Waals surface area contributed by atoms with Gasteiger partial charge in [-0.1, -0.05) is 336 Å². The van der Waals surface area contributed by atoms with Crippen molar-refractivity contribution in [3.8, 4) is 0 Å². The van der Waals surface area contributed by atoms with Crippen molar-refractivity contribution in [1.82, 2.24) is 0 Å². The summed E-state index contributed by atoms with van der Waals surface area (Å²) >= 11 is 0. The third kappa shape index (κ3) is 69.0. The number of allylic oxidation sites excluding steroid dienone is 16. The highest BCUT2D eigenvalue weighted by Gasteiger charge is 2.19. The van der Waals surface area contributed by atoms with Crippen LogP contribution in [-0.4, -0.2) is 37.2 Å². The standard InChI is InChI=1S/C77H134O6/c1-4-7-10-13-16-19-22-25-27-29-31-33-35-37-38-40-41-43-45-47-49-52-55-58-61-64-67-70-76(79)82-73-74(72-81-75(78)69-66-63-60-57-54-51-24-21-18-15-12-9-6-3)83-77(80)71-68-65-62-59-56-53-50-48-46-44-42-39-36-34-32-30-28-26-23-20-17-14-11-8-5-2/h8-9,11-12,17-18,20-21,26,28,32,34,39,42,51,54,74H,4-7,10,13-16,19,22-25,27,29-31,33,35-38,40-41,43-50,52-53,55-73H2,1-3H3/b11-8-,12-9-,20-17-,21-18-,28-26-,34-32-,42-39-,54-51-. The second-order valence-corrected chi connectivity index (χ2v) is 23.7. The van der Waals surface area contributed by atoms with E-state index in [2.05, 4.69) is 118 Å². The van der Waals surface area contributed by atoms with Crippen molar-refractivity contribution in [3.63, 3.8) is 0 Å². The maximum atomic E-state index is 13.0. The van der Waals surface area contributed by atoms with Gasteiger partial charge in [0.1, 0.15) is 13.2 Å². The number of ether oxygens (including phenoxy) is 3. The van der Waals surface area contributed by atoms with Gasteiger partial charge in [-0.2, -0.15) is 0 Å². The maximum Gasteiger partial charge on any atom is 0.306 e. The van der Waals surface area contributed by atoms with Crippen molar-refractivity contribution < 1.29 is 28.6 Å². The van der Waals surface area contributed by atoms with Crippen LogP contribution in [0.3, 0.4) is 0 Å². The third-order valence-corrected chi connectivity index (χ3v) is 15.6. The van der Waals surface area contributed by atoms with Gasteiger partial charge < -0.3 is 14.2 Å². The quantitative estimate of drug-likeness (QED) is 0.0261. The lowest BCUT2D eigenvalue weighted by atomic mass is 10.0. The summed E-state index contributed by atoms with van der Waals surface area (Å²) in [6.45, 7) is 6.43. The van der Waals surface area contributed by atoms with Gasteiger partial charge in [-0.15, -0.1) is 0 Å². The summed E-state index contributed by atoms with van der Waals surface area (Å²) in [5.74, 6) is -0.908. The zero-order valence-electron chi connectivity index (χ0n) is 54.9. The van der Waals surface area contributed by atoms with E-state index < -0.39 is 6.10 Å². The number of carbonyl (C=O) groups is 3. The van der Waals surface area contributed by atoms with Crippen LogP contribution in [0.15, 0.2) is 97.2 Å². The highest BCUT2D eigenvalue weighted by Crippen LogP contribution is 2.18. The molecule has 1 atom stereocenters. The molecule has 0 aromatic carbocycles. The lowest BCUT2D eigenvalue weighted by Crippen LogP contribution is -2.30. The van der Waals surface area contributed by atoms with Crippen molar-refractivity contribution >= 4 is 17.9 Å². The van der Waals surface area contributed by atoms with Gasteiger partial charge in [-0.3, -0.25) is 14.4 Å². The molecule has 83 heavy (non-hydrogen) atoms. The van der Waals surface area contributed by atoms with Crippen molar-refractivity contribution in [2.75, 3.05) is 13.2 Å². The number of hydrogen-bond donors (Lipinski definition) is 0. The highest BCUT2D eigenvalue weighted by atomic mass is 16.6. The summed E-state index contributed by atoms with van der Waals surface area (Å²) in [4.78, 5) is 38.4. The largest absolute Gasteiger partial charge is 0.462 e. The maximum absolute atomic E-state index is 13.0. The number of hydrogen-bond acceptors (Lipinski definition) is 6. The summed E-state index contributed by atoms with van der Waals surface area (Å²) in [5.41, 5.74) is 0. The molecular formula is C77H134O6. The molecule has 0 aliphatic carbocycles. The summed E-state index contributed by atoms with van der Waals surface area (Å²) in [5, 5.41) is 0. The summed E-state index contributed by atoms with van der Waals surface area (Å²) < 4.78 is 17.0. The Morgan fingerprint density at radius 1 is 0.253 bits per heavy atom. The normalized spacial score (nSPS) is 12.7. The Balaban J connectivity index is 4.27. The van der Waals surface area contributed by atoms with E-state index in [1.807, 2.05) is 0 Å². The molecule has 1 unspecified atom stereocenters. The second kappa shape index (κ2) is 70.8. The van der Waals surface area contributed by atoms with E-state index in [9.17, 15) is 14.4 Å². The molecule has 0 radical (unpaired) electrons. The third-order valence-electron chi connectivity index (χ3n) is 15.6. The van der Waals surface area contributed by atoms with Gasteiger partial charge in [-0.05, 0) is 96.3 Å². The van der Waals surface area contributed by atoms with Gasteiger partial charge in [-0.25, -0.2) is 0 Å². The summed E-state index contributed by atoms with van der Waals surface area (Å²) in [6, 6.07) is 0. The van der Waals surface area contributed by atoms with Crippen LogP contribution < -0.4 is 0 Å². The minimum Gasteiger partial charge on any atom is -0.462 e. The first kappa shape index (κ1) is 79.3. The van der Waals surface area contributed by atoms with Crippen LogP contribution in [0, 0.1) is 0 Å². The molecule has 478 valence electrons. The lowest BCUT2D eigenvalue weighted by Gasteiger charge is -2.18. The minimum absolute atomic E-state index is 0.0867. The molecule has 6 nitrogen and oxygen atoms in total. The van der Waals surface area contributed by atoms with E-state index in [0.29, 0.717) is 19.3 Å². The van der Waals surface area contributed by atoms with Crippen LogP contribution in [0.4, 0.5) is 0 Å². The molecule has 0 aliphatic heterocycles. The molecule has 0 rings (SSSR count). The Morgan fingerprint density at radius 3 is 0.747 bits per heavy atom. The fourth-order valence-corrected chi connectivity index (χ4v) is 10.3. The van der Waals surface area contributed by atoms with Crippen molar-refractivity contribution in [2.45, 2.75) is 361 Å². The molecule has 0 N–H and O–H groups in total. The Labute approximate surface area is 515 Å². The average molecular weight is 1160 g/mol. The first-order chi connectivity index (χ1) is 41.0. The van der Waals surface area contributed by atoms with Crippen LogP contribution in [-0.2, 0) is 28.6 Å². The molecule has 6 heteroatoms. The topological polar surface area (TPSA) is 78.9 Å². The first-order valence-electron chi connectivity index (χ1n) is 35.7. The van der Waals surface area contributed by atoms with Gasteiger partial charge in [0.2, 0.25) is 0 Å². The Hall–Kier alpha value is -3.67. The second-order valence-electron chi connectivity index (χ2n) is 23.7. The van der Waals surface area contributed by atoms with E-state index in [4.69, 9.17) is 14.2 Å². The molecule has 0 aromatic rings. The molecule has 0 saturated carbocycles. The number of unbranched alkanes of at least 4 members (excludes halogenated alkanes) is 38. The smallest absolute Gasteiger partial charge is 0.306 e. The molecule has 0 saturated heterocycles. The van der Waals surface area contributed by atoms with E-state index in [0.717, 1.165) is 122 Å². The predicted molar refractivity (Wildman–Crippen MR) is 362 cm³/mol. The molecule has 0 fully saturated rings. The zero-order valence-corrected chi connectivity index (χ0v) is 54.9. The molecule has 0 amide bonds. The van der Waals surface area contributed by atoms with Crippen LogP contribution >= 0.6 is 0 Å². The minimum atomic E-state index is -0.794. The summed E-state index contributed by atoms with van der Waals surface area (Å²) in [6.07, 6.45) is 95.9. The van der Waals surface area contributed by atoms with E-state index in [1.54, 1.807) is 0 Å². The Morgan fingerprint density at radius 2 is 0.470 bits per heavy atom. The van der Waals surface area contributed by atoms with E-state index >= 15 is 0 Å². The van der Waals surface area contributed by atoms with Gasteiger partial charge in [0.15, 0.2) is 6.10 Å². The predicted octanol–water partition coefficient (Wildman–Crippen LogP) is 24.8. The van der Waals surface area contributed by atoms with Crippen molar-refractivity contribution in [2.24, 2.45) is 0 Å². The SMILES string of the molecule is CC/C=C\C/C=C\C/C=C\C/C=C\C/C=C\CCCCCCCCCCCC(=O)OC(COC(=O)CCCCC/C=C\C/C=C\C/C=C\CC)COC(=O)CCCCCCCCCCCCCCCCCCCCCCCCCCCCC. The fourth-order valence-electron chi connectivity index (χ4n) is 10.3. The number of carbonyl (C=O) groups excluding carboxylic acids is 3. The first-order valence-corrected chi connectivity index (χ1v) is 35.7. The lowest BCUT2D eigenvalue weighted by molar-refractivity contribution is -0.167. The van der Waals surface area contributed by atoms with Crippen molar-refractivity contribution in [1.29, 1.82) is 0 Å². The molecule has 0 spiro atoms.